The zero-order chi connectivity index (χ0) is 16.1. The van der Waals surface area contributed by atoms with Crippen molar-refractivity contribution in [2.24, 2.45) is 0 Å². The molecule has 0 unspecified atom stereocenters. The Balaban J connectivity index is 1.96. The van der Waals surface area contributed by atoms with Gasteiger partial charge in [0, 0.05) is 12.2 Å². The van der Waals surface area contributed by atoms with Gasteiger partial charge in [0.25, 0.3) is 5.91 Å². The summed E-state index contributed by atoms with van der Waals surface area (Å²) in [7, 11) is 0. The number of carbonyl (C=O) groups is 1. The number of pyridine rings is 1. The number of aromatic amines is 1. The summed E-state index contributed by atoms with van der Waals surface area (Å²) in [6.45, 7) is 1.79. The molecule has 1 aromatic carbocycles. The molecule has 116 valence electrons. The molecule has 0 saturated carbocycles. The minimum absolute atomic E-state index is 0.262. The number of rotatable bonds is 5. The first-order valence-corrected chi connectivity index (χ1v) is 7.30. The largest absolute Gasteiger partial charge is 0.388 e. The second-order valence-corrected chi connectivity index (χ2v) is 5.50. The van der Waals surface area contributed by atoms with Crippen molar-refractivity contribution in [3.63, 3.8) is 0 Å². The van der Waals surface area contributed by atoms with E-state index in [-0.39, 0.29) is 17.8 Å². The van der Waals surface area contributed by atoms with Gasteiger partial charge in [0.1, 0.15) is 10.5 Å². The van der Waals surface area contributed by atoms with E-state index in [1.165, 1.54) is 24.3 Å². The van der Waals surface area contributed by atoms with Gasteiger partial charge in [-0.3, -0.25) is 4.79 Å². The summed E-state index contributed by atoms with van der Waals surface area (Å²) in [6, 6.07) is 8.72. The average molecular weight is 320 g/mol. The van der Waals surface area contributed by atoms with Crippen LogP contribution in [0.25, 0.3) is 0 Å². The number of aromatic nitrogens is 1. The number of hydrogen-bond donors (Lipinski definition) is 3. The quantitative estimate of drug-likeness (QED) is 0.742. The predicted molar refractivity (Wildman–Crippen MR) is 84.5 cm³/mol. The third-order valence-electron chi connectivity index (χ3n) is 3.27. The molecule has 0 aliphatic heterocycles. The number of carbonyl (C=O) groups excluding carboxylic acids is 1. The number of benzene rings is 1. The van der Waals surface area contributed by atoms with Crippen molar-refractivity contribution in [3.05, 3.63) is 64.2 Å². The maximum absolute atomic E-state index is 12.9. The highest BCUT2D eigenvalue weighted by molar-refractivity contribution is 7.71. The van der Waals surface area contributed by atoms with Crippen molar-refractivity contribution in [2.45, 2.75) is 25.5 Å². The summed E-state index contributed by atoms with van der Waals surface area (Å²) in [5.41, 5.74) is 1.00. The minimum Gasteiger partial charge on any atom is -0.388 e. The summed E-state index contributed by atoms with van der Waals surface area (Å²) in [6.07, 6.45) is 1.20. The minimum atomic E-state index is -0.777. The van der Waals surface area contributed by atoms with Crippen LogP contribution in [0.2, 0.25) is 0 Å². The third kappa shape index (κ3) is 4.22. The molecule has 2 aromatic rings. The summed E-state index contributed by atoms with van der Waals surface area (Å²) >= 11 is 5.06. The summed E-state index contributed by atoms with van der Waals surface area (Å²) in [5, 5.41) is 12.9. The van der Waals surface area contributed by atoms with Gasteiger partial charge in [-0.05, 0) is 43.2 Å². The number of hydrogen-bond acceptors (Lipinski definition) is 3. The first-order valence-electron chi connectivity index (χ1n) is 6.89. The van der Waals surface area contributed by atoms with Gasteiger partial charge in [0.15, 0.2) is 0 Å². The number of aliphatic hydroxyl groups is 1. The molecule has 0 fully saturated rings. The Bertz CT molecular complexity index is 700. The number of halogens is 1. The second kappa shape index (κ2) is 7.29. The molecule has 4 nitrogen and oxygen atoms in total. The Labute approximate surface area is 133 Å². The first kappa shape index (κ1) is 16.3. The van der Waals surface area contributed by atoms with Crippen molar-refractivity contribution in [2.75, 3.05) is 0 Å². The van der Waals surface area contributed by atoms with Gasteiger partial charge in [0.05, 0.1) is 11.7 Å². The maximum Gasteiger partial charge on any atom is 0.254 e. The van der Waals surface area contributed by atoms with E-state index in [9.17, 15) is 14.3 Å². The lowest BCUT2D eigenvalue weighted by Gasteiger charge is -2.18. The van der Waals surface area contributed by atoms with Crippen molar-refractivity contribution in [3.8, 4) is 0 Å². The molecule has 0 aliphatic carbocycles. The van der Waals surface area contributed by atoms with Gasteiger partial charge in [-0.2, -0.15) is 0 Å². The number of nitrogens with one attached hydrogen (secondary N) is 2. The highest BCUT2D eigenvalue weighted by Gasteiger charge is 2.16. The Kier molecular flexibility index (Phi) is 5.41. The molecular weight excluding hydrogens is 303 g/mol. The summed E-state index contributed by atoms with van der Waals surface area (Å²) in [4.78, 5) is 14.9. The molecule has 0 aliphatic rings. The Morgan fingerprint density at radius 2 is 2.05 bits per heavy atom. The van der Waals surface area contributed by atoms with Gasteiger partial charge in [-0.15, -0.1) is 0 Å². The number of aliphatic hydroxyl groups excluding tert-OH is 1. The maximum atomic E-state index is 12.9. The van der Waals surface area contributed by atoms with Crippen LogP contribution in [0.15, 0.2) is 42.6 Å². The fourth-order valence-electron chi connectivity index (χ4n) is 2.12. The van der Waals surface area contributed by atoms with Crippen LogP contribution in [0, 0.1) is 10.5 Å². The standard InChI is InChI=1S/C16H17FN2O2S/c1-10(9-14(20)11-4-6-12(17)7-5-11)19-15(21)13-3-2-8-18-16(13)22/h2-8,10,14,20H,9H2,1H3,(H,18,22)(H,19,21)/t10-,14+/m1/s1. The molecule has 0 saturated heterocycles. The molecule has 22 heavy (non-hydrogen) atoms. The van der Waals surface area contributed by atoms with Crippen LogP contribution in [-0.2, 0) is 0 Å². The Hall–Kier alpha value is -2.05. The van der Waals surface area contributed by atoms with Crippen molar-refractivity contribution in [1.82, 2.24) is 10.3 Å². The molecule has 2 atom stereocenters. The molecule has 3 N–H and O–H groups in total. The zero-order valence-electron chi connectivity index (χ0n) is 12.0. The number of amides is 1. The lowest BCUT2D eigenvalue weighted by molar-refractivity contribution is 0.0916. The van der Waals surface area contributed by atoms with E-state index in [4.69, 9.17) is 12.2 Å². The lowest BCUT2D eigenvalue weighted by atomic mass is 10.0. The zero-order valence-corrected chi connectivity index (χ0v) is 12.9. The van der Waals surface area contributed by atoms with Crippen LogP contribution in [0.3, 0.4) is 0 Å². The predicted octanol–water partition coefficient (Wildman–Crippen LogP) is 3.13. The smallest absolute Gasteiger partial charge is 0.254 e. The van der Waals surface area contributed by atoms with E-state index in [2.05, 4.69) is 10.3 Å². The van der Waals surface area contributed by atoms with E-state index in [1.54, 1.807) is 25.3 Å². The highest BCUT2D eigenvalue weighted by atomic mass is 32.1. The van der Waals surface area contributed by atoms with Gasteiger partial charge in [-0.1, -0.05) is 24.4 Å². The van der Waals surface area contributed by atoms with Crippen molar-refractivity contribution < 1.29 is 14.3 Å². The average Bonchev–Trinajstić information content (AvgIpc) is 2.48. The monoisotopic (exact) mass is 320 g/mol. The molecule has 0 spiro atoms. The lowest BCUT2D eigenvalue weighted by Crippen LogP contribution is -2.34. The normalized spacial score (nSPS) is 13.4. The van der Waals surface area contributed by atoms with Crippen LogP contribution in [0.1, 0.15) is 35.4 Å². The first-order chi connectivity index (χ1) is 10.5. The Morgan fingerprint density at radius 3 is 2.68 bits per heavy atom. The van der Waals surface area contributed by atoms with Crippen molar-refractivity contribution in [1.29, 1.82) is 0 Å². The van der Waals surface area contributed by atoms with Crippen LogP contribution >= 0.6 is 12.2 Å². The van der Waals surface area contributed by atoms with Gasteiger partial charge < -0.3 is 15.4 Å². The fraction of sp³-hybridized carbons (Fsp3) is 0.250. The van der Waals surface area contributed by atoms with E-state index in [1.807, 2.05) is 0 Å². The molecule has 6 heteroatoms. The molecule has 1 amide bonds. The van der Waals surface area contributed by atoms with Crippen molar-refractivity contribution >= 4 is 18.1 Å². The molecule has 2 rings (SSSR count). The molecule has 0 radical (unpaired) electrons. The fourth-order valence-corrected chi connectivity index (χ4v) is 2.35. The van der Waals surface area contributed by atoms with Crippen LogP contribution < -0.4 is 5.32 Å². The topological polar surface area (TPSA) is 65.1 Å². The van der Waals surface area contributed by atoms with E-state index >= 15 is 0 Å². The van der Waals surface area contributed by atoms with Crippen LogP contribution in [0.5, 0.6) is 0 Å². The van der Waals surface area contributed by atoms with E-state index in [0.29, 0.717) is 22.2 Å². The van der Waals surface area contributed by atoms with E-state index < -0.39 is 6.10 Å². The SMILES string of the molecule is C[C@H](C[C@H](O)c1ccc(F)cc1)NC(=O)c1ccc[nH]c1=S. The summed E-state index contributed by atoms with van der Waals surface area (Å²) < 4.78 is 13.2. The highest BCUT2D eigenvalue weighted by Crippen LogP contribution is 2.18. The molecule has 1 aromatic heterocycles. The van der Waals surface area contributed by atoms with Crippen LogP contribution in [0.4, 0.5) is 4.39 Å². The van der Waals surface area contributed by atoms with Crippen LogP contribution in [-0.4, -0.2) is 22.0 Å². The molecule has 1 heterocycles. The number of H-pyrrole nitrogens is 1. The Morgan fingerprint density at radius 1 is 1.36 bits per heavy atom. The van der Waals surface area contributed by atoms with Gasteiger partial charge >= 0.3 is 0 Å². The van der Waals surface area contributed by atoms with Gasteiger partial charge in [0.2, 0.25) is 0 Å². The molecular formula is C16H17FN2O2S. The van der Waals surface area contributed by atoms with E-state index in [0.717, 1.165) is 0 Å². The summed E-state index contributed by atoms with van der Waals surface area (Å²) in [5.74, 6) is -0.642. The molecule has 0 bridgehead atoms. The van der Waals surface area contributed by atoms with Gasteiger partial charge in [-0.25, -0.2) is 4.39 Å². The third-order valence-corrected chi connectivity index (χ3v) is 3.61. The second-order valence-electron chi connectivity index (χ2n) is 5.09.